The van der Waals surface area contributed by atoms with Gasteiger partial charge < -0.3 is 15.8 Å². The number of hydrogen-bond donors (Lipinski definition) is 2. The zero-order valence-corrected chi connectivity index (χ0v) is 13.4. The average Bonchev–Trinajstić information content (AvgIpc) is 2.58. The lowest BCUT2D eigenvalue weighted by Crippen LogP contribution is -2.29. The van der Waals surface area contributed by atoms with Gasteiger partial charge in [0.25, 0.3) is 5.91 Å². The fourth-order valence-electron chi connectivity index (χ4n) is 1.94. The van der Waals surface area contributed by atoms with Gasteiger partial charge in [-0.25, -0.2) is 0 Å². The average molecular weight is 316 g/mol. The second-order valence-electron chi connectivity index (χ2n) is 4.68. The van der Waals surface area contributed by atoms with Gasteiger partial charge in [-0.1, -0.05) is 24.3 Å². The molecule has 0 aliphatic rings. The molecule has 2 rings (SSSR count). The highest BCUT2D eigenvalue weighted by molar-refractivity contribution is 7.98. The Morgan fingerprint density at radius 2 is 1.91 bits per heavy atom. The summed E-state index contributed by atoms with van der Waals surface area (Å²) in [5.41, 5.74) is 7.29. The molecular formula is C17H20N2O2S. The van der Waals surface area contributed by atoms with Gasteiger partial charge in [-0.3, -0.25) is 4.79 Å². The van der Waals surface area contributed by atoms with Gasteiger partial charge in [0.1, 0.15) is 5.75 Å². The smallest absolute Gasteiger partial charge is 0.252 e. The summed E-state index contributed by atoms with van der Waals surface area (Å²) in [5, 5.41) is 2.81. The Balaban J connectivity index is 2.04. The van der Waals surface area contributed by atoms with Gasteiger partial charge in [-0.2, -0.15) is 0 Å². The molecule has 0 spiro atoms. The minimum Gasteiger partial charge on any atom is -0.497 e. The Morgan fingerprint density at radius 1 is 1.18 bits per heavy atom. The fraction of sp³-hybridized carbons (Fsp3) is 0.235. The predicted molar refractivity (Wildman–Crippen MR) is 90.4 cm³/mol. The molecule has 0 heterocycles. The fourth-order valence-corrected chi connectivity index (χ4v) is 2.95. The molecular weight excluding hydrogens is 296 g/mol. The van der Waals surface area contributed by atoms with Crippen molar-refractivity contribution in [1.82, 2.24) is 5.32 Å². The SMILES string of the molecule is COc1ccc(CSc2ccccc2C(=O)NCCN)cc1. The molecule has 3 N–H and O–H groups in total. The molecule has 0 bridgehead atoms. The minimum atomic E-state index is -0.0803. The first kappa shape index (κ1) is 16.4. The van der Waals surface area contributed by atoms with Crippen LogP contribution in [-0.2, 0) is 5.75 Å². The Labute approximate surface area is 135 Å². The Hall–Kier alpha value is -1.98. The summed E-state index contributed by atoms with van der Waals surface area (Å²) in [4.78, 5) is 13.1. The third kappa shape index (κ3) is 4.51. The number of amides is 1. The molecule has 2 aromatic rings. The molecule has 0 saturated heterocycles. The number of hydrogen-bond acceptors (Lipinski definition) is 4. The Bertz CT molecular complexity index is 614. The number of nitrogens with two attached hydrogens (primary N) is 1. The Kier molecular flexibility index (Phi) is 6.30. The Morgan fingerprint density at radius 3 is 2.59 bits per heavy atom. The molecule has 0 aliphatic heterocycles. The molecule has 4 nitrogen and oxygen atoms in total. The van der Waals surface area contributed by atoms with Gasteiger partial charge in [0.05, 0.1) is 12.7 Å². The molecule has 0 atom stereocenters. The van der Waals surface area contributed by atoms with E-state index in [9.17, 15) is 4.79 Å². The zero-order chi connectivity index (χ0) is 15.8. The number of benzene rings is 2. The lowest BCUT2D eigenvalue weighted by atomic mass is 10.2. The maximum Gasteiger partial charge on any atom is 0.252 e. The van der Waals surface area contributed by atoms with Crippen molar-refractivity contribution in [2.24, 2.45) is 5.73 Å². The van der Waals surface area contributed by atoms with E-state index in [-0.39, 0.29) is 5.91 Å². The first-order valence-corrected chi connectivity index (χ1v) is 8.06. The van der Waals surface area contributed by atoms with Crippen LogP contribution in [0.2, 0.25) is 0 Å². The van der Waals surface area contributed by atoms with E-state index < -0.39 is 0 Å². The first-order valence-electron chi connectivity index (χ1n) is 7.07. The van der Waals surface area contributed by atoms with Crippen molar-refractivity contribution in [3.63, 3.8) is 0 Å². The second-order valence-corrected chi connectivity index (χ2v) is 5.69. The van der Waals surface area contributed by atoms with Gasteiger partial charge in [-0.05, 0) is 29.8 Å². The van der Waals surface area contributed by atoms with Crippen LogP contribution >= 0.6 is 11.8 Å². The van der Waals surface area contributed by atoms with Crippen molar-refractivity contribution < 1.29 is 9.53 Å². The molecule has 1 amide bonds. The van der Waals surface area contributed by atoms with E-state index in [0.29, 0.717) is 18.7 Å². The van der Waals surface area contributed by atoms with Crippen molar-refractivity contribution in [2.75, 3.05) is 20.2 Å². The van der Waals surface area contributed by atoms with Gasteiger partial charge >= 0.3 is 0 Å². The molecule has 0 aromatic heterocycles. The summed E-state index contributed by atoms with van der Waals surface area (Å²) in [6.45, 7) is 0.920. The van der Waals surface area contributed by atoms with Crippen LogP contribution in [0.3, 0.4) is 0 Å². The lowest BCUT2D eigenvalue weighted by molar-refractivity contribution is 0.0952. The van der Waals surface area contributed by atoms with E-state index in [2.05, 4.69) is 5.32 Å². The number of ether oxygens (including phenoxy) is 1. The van der Waals surface area contributed by atoms with E-state index in [1.54, 1.807) is 18.9 Å². The minimum absolute atomic E-state index is 0.0803. The largest absolute Gasteiger partial charge is 0.497 e. The lowest BCUT2D eigenvalue weighted by Gasteiger charge is -2.09. The van der Waals surface area contributed by atoms with Gasteiger partial charge in [0.2, 0.25) is 0 Å². The molecule has 0 aliphatic carbocycles. The van der Waals surface area contributed by atoms with Crippen molar-refractivity contribution in [3.8, 4) is 5.75 Å². The monoisotopic (exact) mass is 316 g/mol. The van der Waals surface area contributed by atoms with Gasteiger partial charge in [0.15, 0.2) is 0 Å². The molecule has 116 valence electrons. The molecule has 0 radical (unpaired) electrons. The van der Waals surface area contributed by atoms with Crippen LogP contribution in [-0.4, -0.2) is 26.1 Å². The third-order valence-electron chi connectivity index (χ3n) is 3.11. The zero-order valence-electron chi connectivity index (χ0n) is 12.5. The molecule has 22 heavy (non-hydrogen) atoms. The normalized spacial score (nSPS) is 10.3. The number of nitrogens with one attached hydrogen (secondary N) is 1. The second kappa shape index (κ2) is 8.46. The summed E-state index contributed by atoms with van der Waals surface area (Å²) in [7, 11) is 1.65. The predicted octanol–water partition coefficient (Wildman–Crippen LogP) is 2.68. The molecule has 0 saturated carbocycles. The van der Waals surface area contributed by atoms with Crippen LogP contribution in [0.4, 0.5) is 0 Å². The summed E-state index contributed by atoms with van der Waals surface area (Å²) in [6.07, 6.45) is 0. The van der Waals surface area contributed by atoms with Crippen molar-refractivity contribution >= 4 is 17.7 Å². The first-order chi connectivity index (χ1) is 10.7. The van der Waals surface area contributed by atoms with Crippen molar-refractivity contribution in [2.45, 2.75) is 10.6 Å². The number of rotatable bonds is 7. The van der Waals surface area contributed by atoms with Crippen LogP contribution in [0.1, 0.15) is 15.9 Å². The number of thioether (sulfide) groups is 1. The maximum absolute atomic E-state index is 12.1. The standard InChI is InChI=1S/C17H20N2O2S/c1-21-14-8-6-13(7-9-14)12-22-16-5-3-2-4-15(16)17(20)19-11-10-18/h2-9H,10-12,18H2,1H3,(H,19,20). The van der Waals surface area contributed by atoms with Crippen LogP contribution in [0.25, 0.3) is 0 Å². The third-order valence-corrected chi connectivity index (χ3v) is 4.26. The highest BCUT2D eigenvalue weighted by Gasteiger charge is 2.10. The molecule has 0 fully saturated rings. The van der Waals surface area contributed by atoms with E-state index in [1.165, 1.54) is 5.56 Å². The van der Waals surface area contributed by atoms with Gasteiger partial charge in [0, 0.05) is 23.7 Å². The van der Waals surface area contributed by atoms with Crippen molar-refractivity contribution in [1.29, 1.82) is 0 Å². The van der Waals surface area contributed by atoms with Gasteiger partial charge in [-0.15, -0.1) is 11.8 Å². The topological polar surface area (TPSA) is 64.3 Å². The maximum atomic E-state index is 12.1. The summed E-state index contributed by atoms with van der Waals surface area (Å²) in [6, 6.07) is 15.6. The van der Waals surface area contributed by atoms with Crippen LogP contribution < -0.4 is 15.8 Å². The summed E-state index contributed by atoms with van der Waals surface area (Å²) in [5.74, 6) is 1.56. The van der Waals surface area contributed by atoms with E-state index in [4.69, 9.17) is 10.5 Å². The van der Waals surface area contributed by atoms with Crippen LogP contribution in [0.5, 0.6) is 5.75 Å². The number of carbonyl (C=O) groups is 1. The summed E-state index contributed by atoms with van der Waals surface area (Å²) < 4.78 is 5.15. The van der Waals surface area contributed by atoms with Crippen LogP contribution in [0, 0.1) is 0 Å². The van der Waals surface area contributed by atoms with E-state index >= 15 is 0 Å². The highest BCUT2D eigenvalue weighted by atomic mass is 32.2. The quantitative estimate of drug-likeness (QED) is 0.771. The molecule has 5 heteroatoms. The van der Waals surface area contributed by atoms with Crippen LogP contribution in [0.15, 0.2) is 53.4 Å². The highest BCUT2D eigenvalue weighted by Crippen LogP contribution is 2.27. The number of carbonyl (C=O) groups excluding carboxylic acids is 1. The molecule has 2 aromatic carbocycles. The number of methoxy groups -OCH3 is 1. The molecule has 0 unspecified atom stereocenters. The summed E-state index contributed by atoms with van der Waals surface area (Å²) >= 11 is 1.64. The van der Waals surface area contributed by atoms with E-state index in [1.807, 2.05) is 48.5 Å². The van der Waals surface area contributed by atoms with Crippen molar-refractivity contribution in [3.05, 3.63) is 59.7 Å². The van der Waals surface area contributed by atoms with E-state index in [0.717, 1.165) is 16.4 Å².